The van der Waals surface area contributed by atoms with Crippen LogP contribution in [-0.4, -0.2) is 17.4 Å². The van der Waals surface area contributed by atoms with E-state index in [0.717, 1.165) is 0 Å². The van der Waals surface area contributed by atoms with Crippen molar-refractivity contribution in [1.82, 2.24) is 0 Å². The van der Waals surface area contributed by atoms with Crippen LogP contribution in [-0.2, 0) is 4.79 Å². The Kier molecular flexibility index (Phi) is 4.32. The predicted octanol–water partition coefficient (Wildman–Crippen LogP) is 1.50. The summed E-state index contributed by atoms with van der Waals surface area (Å²) in [6.07, 6.45) is 0.143. The number of nitrogens with two attached hydrogens (primary N) is 2. The van der Waals surface area contributed by atoms with Crippen LogP contribution < -0.4 is 16.8 Å². The molecule has 2 amide bonds. The van der Waals surface area contributed by atoms with Crippen LogP contribution in [0.4, 0.5) is 5.69 Å². The Labute approximate surface area is 110 Å². The zero-order valence-electron chi connectivity index (χ0n) is 10.3. The molecule has 5 nitrogen and oxygen atoms in total. The van der Waals surface area contributed by atoms with Crippen LogP contribution in [0.1, 0.15) is 30.6 Å². The van der Waals surface area contributed by atoms with Crippen molar-refractivity contribution in [2.75, 3.05) is 5.32 Å². The molecule has 98 valence electrons. The Morgan fingerprint density at radius 1 is 1.39 bits per heavy atom. The van der Waals surface area contributed by atoms with Crippen molar-refractivity contribution in [3.8, 4) is 0 Å². The monoisotopic (exact) mass is 269 g/mol. The number of hydrogen-bond acceptors (Lipinski definition) is 3. The Morgan fingerprint density at radius 2 is 2.00 bits per heavy atom. The van der Waals surface area contributed by atoms with E-state index >= 15 is 0 Å². The van der Waals surface area contributed by atoms with E-state index in [4.69, 9.17) is 23.1 Å². The third-order valence-corrected chi connectivity index (χ3v) is 2.47. The Hall–Kier alpha value is -1.59. The highest BCUT2D eigenvalue weighted by molar-refractivity contribution is 6.33. The number of halogens is 1. The maximum Gasteiger partial charge on any atom is 0.248 e. The van der Waals surface area contributed by atoms with Crippen LogP contribution >= 0.6 is 11.6 Å². The first-order valence-electron chi connectivity index (χ1n) is 5.37. The van der Waals surface area contributed by atoms with E-state index in [0.29, 0.717) is 10.7 Å². The summed E-state index contributed by atoms with van der Waals surface area (Å²) in [5.41, 5.74) is 10.9. The van der Waals surface area contributed by atoms with Gasteiger partial charge < -0.3 is 16.8 Å². The summed E-state index contributed by atoms with van der Waals surface area (Å²) in [7, 11) is 0. The lowest BCUT2D eigenvalue weighted by atomic mass is 10.0. The molecule has 1 rings (SSSR count). The molecule has 0 atom stereocenters. The molecule has 0 fully saturated rings. The molecule has 0 spiro atoms. The average Bonchev–Trinajstić information content (AvgIpc) is 2.18. The fraction of sp³-hybridized carbons (Fsp3) is 0.333. The molecule has 0 aliphatic carbocycles. The number of primary amides is 1. The molecule has 6 heteroatoms. The number of hydrogen-bond donors (Lipinski definition) is 3. The standard InChI is InChI=1S/C12H16ClN3O2/c1-12(2,15)6-10(17)16-9-5-7(11(14)18)3-4-8(9)13/h3-5H,6,15H2,1-2H3,(H2,14,18)(H,16,17). The number of nitrogens with one attached hydrogen (secondary N) is 1. The molecule has 0 aliphatic rings. The van der Waals surface area contributed by atoms with E-state index in [-0.39, 0.29) is 17.9 Å². The number of carbonyl (C=O) groups excluding carboxylic acids is 2. The SMILES string of the molecule is CC(C)(N)CC(=O)Nc1cc(C(N)=O)ccc1Cl. The van der Waals surface area contributed by atoms with Crippen molar-refractivity contribution in [2.45, 2.75) is 25.8 Å². The molecule has 0 aromatic heterocycles. The molecular weight excluding hydrogens is 254 g/mol. The zero-order chi connectivity index (χ0) is 13.9. The Bertz CT molecular complexity index is 481. The van der Waals surface area contributed by atoms with Gasteiger partial charge in [-0.15, -0.1) is 0 Å². The van der Waals surface area contributed by atoms with Gasteiger partial charge in [-0.05, 0) is 32.0 Å². The first-order chi connectivity index (χ1) is 8.19. The van der Waals surface area contributed by atoms with Crippen LogP contribution in [0.25, 0.3) is 0 Å². The molecule has 0 heterocycles. The van der Waals surface area contributed by atoms with Crippen molar-refractivity contribution in [2.24, 2.45) is 11.5 Å². The van der Waals surface area contributed by atoms with Gasteiger partial charge in [0.1, 0.15) is 0 Å². The number of anilines is 1. The summed E-state index contributed by atoms with van der Waals surface area (Å²) < 4.78 is 0. The van der Waals surface area contributed by atoms with Crippen LogP contribution in [0.15, 0.2) is 18.2 Å². The van der Waals surface area contributed by atoms with Crippen molar-refractivity contribution in [3.05, 3.63) is 28.8 Å². The Morgan fingerprint density at radius 3 is 2.50 bits per heavy atom. The minimum Gasteiger partial charge on any atom is -0.366 e. The molecule has 5 N–H and O–H groups in total. The van der Waals surface area contributed by atoms with Gasteiger partial charge in [-0.3, -0.25) is 9.59 Å². The number of amides is 2. The minimum absolute atomic E-state index is 0.143. The second-order valence-electron chi connectivity index (χ2n) is 4.77. The topological polar surface area (TPSA) is 98.2 Å². The number of rotatable bonds is 4. The zero-order valence-corrected chi connectivity index (χ0v) is 11.0. The van der Waals surface area contributed by atoms with E-state index in [9.17, 15) is 9.59 Å². The van der Waals surface area contributed by atoms with E-state index < -0.39 is 11.4 Å². The van der Waals surface area contributed by atoms with Gasteiger partial charge in [-0.25, -0.2) is 0 Å². The van der Waals surface area contributed by atoms with Crippen molar-refractivity contribution in [1.29, 1.82) is 0 Å². The summed E-state index contributed by atoms with van der Waals surface area (Å²) in [6.45, 7) is 3.49. The molecule has 18 heavy (non-hydrogen) atoms. The molecule has 1 aromatic carbocycles. The molecule has 0 saturated carbocycles. The van der Waals surface area contributed by atoms with Gasteiger partial charge in [0.25, 0.3) is 0 Å². The molecule has 0 bridgehead atoms. The summed E-state index contributed by atoms with van der Waals surface area (Å²) >= 11 is 5.92. The summed E-state index contributed by atoms with van der Waals surface area (Å²) in [4.78, 5) is 22.7. The third kappa shape index (κ3) is 4.35. The van der Waals surface area contributed by atoms with Gasteiger partial charge in [0.05, 0.1) is 10.7 Å². The quantitative estimate of drug-likeness (QED) is 0.772. The minimum atomic E-state index is -0.613. The van der Waals surface area contributed by atoms with E-state index in [1.807, 2.05) is 0 Å². The first-order valence-corrected chi connectivity index (χ1v) is 5.75. The van der Waals surface area contributed by atoms with Gasteiger partial charge >= 0.3 is 0 Å². The maximum absolute atomic E-state index is 11.7. The highest BCUT2D eigenvalue weighted by Crippen LogP contribution is 2.23. The largest absolute Gasteiger partial charge is 0.366 e. The maximum atomic E-state index is 11.7. The summed E-state index contributed by atoms with van der Waals surface area (Å²) in [6, 6.07) is 4.43. The predicted molar refractivity (Wildman–Crippen MR) is 71.5 cm³/mol. The smallest absolute Gasteiger partial charge is 0.248 e. The number of benzene rings is 1. The highest BCUT2D eigenvalue weighted by atomic mass is 35.5. The van der Waals surface area contributed by atoms with Crippen molar-refractivity contribution < 1.29 is 9.59 Å². The average molecular weight is 270 g/mol. The van der Waals surface area contributed by atoms with Gasteiger partial charge in [0.15, 0.2) is 0 Å². The van der Waals surface area contributed by atoms with Gasteiger partial charge in [0.2, 0.25) is 11.8 Å². The van der Waals surface area contributed by atoms with Gasteiger partial charge in [-0.1, -0.05) is 11.6 Å². The van der Waals surface area contributed by atoms with Gasteiger partial charge in [0, 0.05) is 17.5 Å². The van der Waals surface area contributed by atoms with Crippen LogP contribution in [0, 0.1) is 0 Å². The van der Waals surface area contributed by atoms with Gasteiger partial charge in [-0.2, -0.15) is 0 Å². The van der Waals surface area contributed by atoms with Crippen molar-refractivity contribution >= 4 is 29.1 Å². The molecule has 0 radical (unpaired) electrons. The fourth-order valence-electron chi connectivity index (χ4n) is 1.38. The summed E-state index contributed by atoms with van der Waals surface area (Å²) in [5.74, 6) is -0.854. The fourth-order valence-corrected chi connectivity index (χ4v) is 1.55. The molecule has 0 unspecified atom stereocenters. The van der Waals surface area contributed by atoms with E-state index in [1.165, 1.54) is 18.2 Å². The lowest BCUT2D eigenvalue weighted by Gasteiger charge is -2.18. The molecule has 0 aliphatic heterocycles. The second-order valence-corrected chi connectivity index (χ2v) is 5.18. The van der Waals surface area contributed by atoms with Crippen LogP contribution in [0.3, 0.4) is 0 Å². The van der Waals surface area contributed by atoms with E-state index in [2.05, 4.69) is 5.32 Å². The van der Waals surface area contributed by atoms with E-state index in [1.54, 1.807) is 13.8 Å². The second kappa shape index (κ2) is 5.37. The number of carbonyl (C=O) groups is 2. The first kappa shape index (κ1) is 14.5. The van der Waals surface area contributed by atoms with Crippen LogP contribution in [0.5, 0.6) is 0 Å². The lowest BCUT2D eigenvalue weighted by Crippen LogP contribution is -2.36. The molecule has 1 aromatic rings. The Balaban J connectivity index is 2.87. The molecule has 0 saturated heterocycles. The highest BCUT2D eigenvalue weighted by Gasteiger charge is 2.17. The molecular formula is C12H16ClN3O2. The lowest BCUT2D eigenvalue weighted by molar-refractivity contribution is -0.117. The summed E-state index contributed by atoms with van der Waals surface area (Å²) in [5, 5.41) is 2.94. The normalized spacial score (nSPS) is 11.1. The third-order valence-electron chi connectivity index (χ3n) is 2.14. The van der Waals surface area contributed by atoms with Crippen LogP contribution in [0.2, 0.25) is 5.02 Å². The van der Waals surface area contributed by atoms with Crippen molar-refractivity contribution in [3.63, 3.8) is 0 Å².